The Morgan fingerprint density at radius 3 is 2.78 bits per heavy atom. The number of fused-ring (bicyclic) bond motifs is 1. The number of hydrogen-bond acceptors (Lipinski definition) is 4. The summed E-state index contributed by atoms with van der Waals surface area (Å²) >= 11 is 3.38. The van der Waals surface area contributed by atoms with Crippen LogP contribution in [0.3, 0.4) is 0 Å². The second-order valence-corrected chi connectivity index (χ2v) is 6.75. The molecule has 0 atom stereocenters. The Balaban J connectivity index is 1.93. The summed E-state index contributed by atoms with van der Waals surface area (Å²) in [6.45, 7) is 0. The third-order valence-electron chi connectivity index (χ3n) is 4.10. The van der Waals surface area contributed by atoms with Gasteiger partial charge in [-0.15, -0.1) is 0 Å². The number of aliphatic imine (C=N–C) groups is 1. The number of nitrogens with one attached hydrogen (secondary N) is 1. The highest BCUT2D eigenvalue weighted by Gasteiger charge is 2.18. The summed E-state index contributed by atoms with van der Waals surface area (Å²) in [5, 5.41) is 10.6. The molecule has 4 rings (SSSR count). The molecule has 134 valence electrons. The van der Waals surface area contributed by atoms with Crippen molar-refractivity contribution in [2.24, 2.45) is 4.99 Å². The standard InChI is InChI=1S/C19H11BrFN3O3/c20-11-4-5-16-14(7-11)10(9-22-16)6-15-17(25)23-19(27)24(18(15)26)13-3-1-2-12(21)8-13/h1-9,26H,(H,23,25,27)/b10-6+. The molecular formula is C19H11BrFN3O3. The minimum absolute atomic E-state index is 0.0941. The molecule has 2 N–H and O–H groups in total. The second-order valence-electron chi connectivity index (χ2n) is 5.83. The highest BCUT2D eigenvalue weighted by Crippen LogP contribution is 2.35. The molecule has 0 fully saturated rings. The van der Waals surface area contributed by atoms with Crippen molar-refractivity contribution in [2.45, 2.75) is 0 Å². The minimum Gasteiger partial charge on any atom is -0.494 e. The maximum Gasteiger partial charge on any atom is 0.335 e. The van der Waals surface area contributed by atoms with Crippen LogP contribution in [0.2, 0.25) is 0 Å². The van der Waals surface area contributed by atoms with E-state index in [1.807, 2.05) is 18.2 Å². The van der Waals surface area contributed by atoms with Gasteiger partial charge in [0.15, 0.2) is 0 Å². The molecule has 0 spiro atoms. The van der Waals surface area contributed by atoms with Crippen LogP contribution in [0.5, 0.6) is 5.88 Å². The number of allylic oxidation sites excluding steroid dienone is 1. The van der Waals surface area contributed by atoms with Crippen LogP contribution >= 0.6 is 15.9 Å². The zero-order valence-electron chi connectivity index (χ0n) is 13.6. The summed E-state index contributed by atoms with van der Waals surface area (Å²) in [5.74, 6) is -1.16. The number of benzene rings is 2. The molecule has 0 radical (unpaired) electrons. The molecule has 1 aliphatic rings. The molecule has 0 amide bonds. The third kappa shape index (κ3) is 3.04. The molecular weight excluding hydrogens is 417 g/mol. The highest BCUT2D eigenvalue weighted by atomic mass is 79.9. The number of halogens is 2. The van der Waals surface area contributed by atoms with Crippen LogP contribution in [0.1, 0.15) is 11.1 Å². The van der Waals surface area contributed by atoms with E-state index in [2.05, 4.69) is 25.9 Å². The molecule has 0 bridgehead atoms. The number of aromatic amines is 1. The number of H-pyrrole nitrogens is 1. The first-order valence-corrected chi connectivity index (χ1v) is 8.63. The topological polar surface area (TPSA) is 87.5 Å². The molecule has 27 heavy (non-hydrogen) atoms. The van der Waals surface area contributed by atoms with Crippen molar-refractivity contribution >= 4 is 39.5 Å². The predicted octanol–water partition coefficient (Wildman–Crippen LogP) is 3.39. The maximum atomic E-state index is 13.5. The molecule has 0 unspecified atom stereocenters. The average Bonchev–Trinajstić information content (AvgIpc) is 3.00. The monoisotopic (exact) mass is 427 g/mol. The van der Waals surface area contributed by atoms with Crippen molar-refractivity contribution in [3.05, 3.63) is 84.7 Å². The lowest BCUT2D eigenvalue weighted by molar-refractivity contribution is 0.429. The average molecular weight is 428 g/mol. The molecule has 8 heteroatoms. The molecule has 6 nitrogen and oxygen atoms in total. The largest absolute Gasteiger partial charge is 0.494 e. The van der Waals surface area contributed by atoms with Gasteiger partial charge in [0.25, 0.3) is 5.56 Å². The van der Waals surface area contributed by atoms with Gasteiger partial charge in [-0.2, -0.15) is 0 Å². The van der Waals surface area contributed by atoms with Crippen LogP contribution < -0.4 is 11.2 Å². The lowest BCUT2D eigenvalue weighted by Crippen LogP contribution is -2.30. The van der Waals surface area contributed by atoms with Crippen LogP contribution in [-0.2, 0) is 0 Å². The molecule has 0 aliphatic carbocycles. The smallest absolute Gasteiger partial charge is 0.335 e. The minimum atomic E-state index is -0.867. The zero-order chi connectivity index (χ0) is 19.1. The van der Waals surface area contributed by atoms with Gasteiger partial charge >= 0.3 is 5.69 Å². The molecule has 0 saturated heterocycles. The summed E-state index contributed by atoms with van der Waals surface area (Å²) in [5.41, 5.74) is 0.426. The number of nitrogens with zero attached hydrogens (tertiary/aromatic N) is 2. The van der Waals surface area contributed by atoms with E-state index < -0.39 is 22.9 Å². The Labute approximate surface area is 160 Å². The fourth-order valence-electron chi connectivity index (χ4n) is 2.85. The van der Waals surface area contributed by atoms with E-state index in [9.17, 15) is 19.1 Å². The van der Waals surface area contributed by atoms with E-state index in [0.29, 0.717) is 5.57 Å². The van der Waals surface area contributed by atoms with E-state index in [1.54, 1.807) is 6.21 Å². The quantitative estimate of drug-likeness (QED) is 0.656. The molecule has 2 heterocycles. The number of aromatic hydroxyl groups is 1. The summed E-state index contributed by atoms with van der Waals surface area (Å²) in [7, 11) is 0. The van der Waals surface area contributed by atoms with Gasteiger partial charge in [-0.25, -0.2) is 13.8 Å². The summed E-state index contributed by atoms with van der Waals surface area (Å²) in [4.78, 5) is 30.9. The van der Waals surface area contributed by atoms with Crippen molar-refractivity contribution in [1.82, 2.24) is 9.55 Å². The van der Waals surface area contributed by atoms with Gasteiger partial charge in [0.05, 0.1) is 11.4 Å². The molecule has 2 aromatic carbocycles. The molecule has 1 aromatic heterocycles. The van der Waals surface area contributed by atoms with Crippen LogP contribution in [-0.4, -0.2) is 20.9 Å². The SMILES string of the molecule is O=c1[nH]c(=O)n(-c2cccc(F)c2)c(O)c1/C=C1\C=Nc2ccc(Br)cc21. The van der Waals surface area contributed by atoms with Crippen molar-refractivity contribution in [3.63, 3.8) is 0 Å². The number of aromatic nitrogens is 2. The van der Waals surface area contributed by atoms with Gasteiger partial charge in [-0.3, -0.25) is 14.8 Å². The third-order valence-corrected chi connectivity index (χ3v) is 4.59. The molecule has 3 aromatic rings. The lowest BCUT2D eigenvalue weighted by atomic mass is 10.1. The maximum absolute atomic E-state index is 13.5. The highest BCUT2D eigenvalue weighted by molar-refractivity contribution is 9.10. The van der Waals surface area contributed by atoms with Crippen molar-refractivity contribution < 1.29 is 9.50 Å². The predicted molar refractivity (Wildman–Crippen MR) is 104 cm³/mol. The summed E-state index contributed by atoms with van der Waals surface area (Å²) in [6.07, 6.45) is 3.00. The van der Waals surface area contributed by atoms with Gasteiger partial charge in [0.1, 0.15) is 11.4 Å². The van der Waals surface area contributed by atoms with Gasteiger partial charge in [0.2, 0.25) is 5.88 Å². The fraction of sp³-hybridized carbons (Fsp3) is 0. The first-order chi connectivity index (χ1) is 12.9. The Kier molecular flexibility index (Phi) is 4.12. The van der Waals surface area contributed by atoms with E-state index >= 15 is 0 Å². The van der Waals surface area contributed by atoms with Crippen molar-refractivity contribution in [1.29, 1.82) is 0 Å². The van der Waals surface area contributed by atoms with Crippen LogP contribution in [0.15, 0.2) is 61.5 Å². The van der Waals surface area contributed by atoms with Crippen molar-refractivity contribution in [3.8, 4) is 11.6 Å². The van der Waals surface area contributed by atoms with E-state index in [-0.39, 0.29) is 11.3 Å². The van der Waals surface area contributed by atoms with Crippen LogP contribution in [0, 0.1) is 5.82 Å². The second kappa shape index (κ2) is 6.48. The Morgan fingerprint density at radius 2 is 2.00 bits per heavy atom. The molecule has 1 aliphatic heterocycles. The first-order valence-electron chi connectivity index (χ1n) is 7.84. The van der Waals surface area contributed by atoms with E-state index in [4.69, 9.17) is 0 Å². The van der Waals surface area contributed by atoms with Crippen LogP contribution in [0.25, 0.3) is 17.3 Å². The van der Waals surface area contributed by atoms with Gasteiger partial charge in [-0.05, 0) is 42.5 Å². The molecule has 0 saturated carbocycles. The van der Waals surface area contributed by atoms with Crippen molar-refractivity contribution in [2.75, 3.05) is 0 Å². The van der Waals surface area contributed by atoms with E-state index in [0.717, 1.165) is 26.4 Å². The first kappa shape index (κ1) is 17.2. The zero-order valence-corrected chi connectivity index (χ0v) is 15.2. The Hall–Kier alpha value is -3.26. The van der Waals surface area contributed by atoms with Gasteiger partial charge < -0.3 is 5.11 Å². The van der Waals surface area contributed by atoms with E-state index in [1.165, 1.54) is 24.3 Å². The normalized spacial score (nSPS) is 13.9. The fourth-order valence-corrected chi connectivity index (χ4v) is 3.22. The van der Waals surface area contributed by atoms with Crippen LogP contribution in [0.4, 0.5) is 10.1 Å². The number of rotatable bonds is 2. The Morgan fingerprint density at radius 1 is 1.19 bits per heavy atom. The lowest BCUT2D eigenvalue weighted by Gasteiger charge is -2.10. The van der Waals surface area contributed by atoms with Gasteiger partial charge in [-0.1, -0.05) is 22.0 Å². The number of hydrogen-bond donors (Lipinski definition) is 2. The summed E-state index contributed by atoms with van der Waals surface area (Å²) in [6, 6.07) is 10.6. The van der Waals surface area contributed by atoms with Gasteiger partial charge in [0, 0.05) is 21.8 Å². The summed E-state index contributed by atoms with van der Waals surface area (Å²) < 4.78 is 15.2. The Bertz CT molecular complexity index is 1260.